The van der Waals surface area contributed by atoms with E-state index in [1.807, 2.05) is 18.3 Å². The van der Waals surface area contributed by atoms with Crippen molar-refractivity contribution in [2.45, 2.75) is 6.55 Å². The molecule has 0 N–H and O–H groups in total. The van der Waals surface area contributed by atoms with Crippen LogP contribution >= 0.6 is 0 Å². The summed E-state index contributed by atoms with van der Waals surface area (Å²) in [5, 5.41) is 0. The van der Waals surface area contributed by atoms with Crippen molar-refractivity contribution in [3.05, 3.63) is 24.4 Å². The third kappa shape index (κ3) is 2.96. The topological polar surface area (TPSA) is 18.5 Å². The highest BCUT2D eigenvalue weighted by Crippen LogP contribution is 2.04. The zero-order valence-corrected chi connectivity index (χ0v) is 7.76. The van der Waals surface area contributed by atoms with Crippen molar-refractivity contribution in [2.75, 3.05) is 14.2 Å². The molecule has 0 rings (SSSR count). The van der Waals surface area contributed by atoms with Crippen molar-refractivity contribution in [1.82, 2.24) is 0 Å². The second kappa shape index (κ2) is 4.44. The van der Waals surface area contributed by atoms with Gasteiger partial charge in [0.05, 0.1) is 0 Å². The smallest absolute Gasteiger partial charge is 0.361 e. The van der Waals surface area contributed by atoms with Gasteiger partial charge in [0.15, 0.2) is 0 Å². The van der Waals surface area contributed by atoms with Crippen molar-refractivity contribution < 1.29 is 8.85 Å². The Hall–Kier alpha value is -0.383. The second-order valence-corrected chi connectivity index (χ2v) is 5.20. The molecule has 0 saturated carbocycles. The Morgan fingerprint density at radius 2 is 1.80 bits per heavy atom. The minimum Gasteiger partial charge on any atom is -0.395 e. The molecule has 0 aromatic heterocycles. The molecule has 0 saturated heterocycles. The molecule has 10 heavy (non-hydrogen) atoms. The predicted octanol–water partition coefficient (Wildman–Crippen LogP) is 1.63. The minimum atomic E-state index is -1.97. The first-order valence-electron chi connectivity index (χ1n) is 3.09. The lowest BCUT2D eigenvalue weighted by Crippen LogP contribution is -2.33. The highest BCUT2D eigenvalue weighted by molar-refractivity contribution is 6.71. The van der Waals surface area contributed by atoms with Gasteiger partial charge in [-0.1, -0.05) is 18.7 Å². The fourth-order valence-electron chi connectivity index (χ4n) is 0.462. The van der Waals surface area contributed by atoms with Crippen LogP contribution in [0.1, 0.15) is 0 Å². The van der Waals surface area contributed by atoms with Gasteiger partial charge in [-0.2, -0.15) is 0 Å². The van der Waals surface area contributed by atoms with E-state index in [0.29, 0.717) is 0 Å². The summed E-state index contributed by atoms with van der Waals surface area (Å²) in [6.07, 6.45) is 3.56. The van der Waals surface area contributed by atoms with Gasteiger partial charge in [-0.3, -0.25) is 0 Å². The molecule has 0 unspecified atom stereocenters. The molecule has 0 amide bonds. The first kappa shape index (κ1) is 9.62. The Kier molecular flexibility index (Phi) is 4.27. The van der Waals surface area contributed by atoms with Gasteiger partial charge in [-0.15, -0.1) is 0 Å². The van der Waals surface area contributed by atoms with Gasteiger partial charge >= 0.3 is 8.56 Å². The monoisotopic (exact) mass is 158 g/mol. The van der Waals surface area contributed by atoms with Crippen molar-refractivity contribution >= 4 is 8.56 Å². The summed E-state index contributed by atoms with van der Waals surface area (Å²) in [4.78, 5) is 0. The van der Waals surface area contributed by atoms with E-state index in [9.17, 15) is 0 Å². The molecule has 0 bridgehead atoms. The van der Waals surface area contributed by atoms with E-state index in [1.54, 1.807) is 20.3 Å². The van der Waals surface area contributed by atoms with Crippen LogP contribution in [0.2, 0.25) is 6.55 Å². The quantitative estimate of drug-likeness (QED) is 0.457. The molecule has 0 atom stereocenters. The summed E-state index contributed by atoms with van der Waals surface area (Å²) in [5.41, 5.74) is 1.93. The van der Waals surface area contributed by atoms with E-state index in [0.717, 1.165) is 0 Å². The predicted molar refractivity (Wildman–Crippen MR) is 45.0 cm³/mol. The molecule has 0 spiro atoms. The molecular weight excluding hydrogens is 144 g/mol. The van der Waals surface area contributed by atoms with E-state index in [1.165, 1.54) is 0 Å². The van der Waals surface area contributed by atoms with Crippen LogP contribution in [0.25, 0.3) is 0 Å². The van der Waals surface area contributed by atoms with Crippen LogP contribution in [-0.2, 0) is 8.85 Å². The average molecular weight is 158 g/mol. The standard InChI is InChI=1S/C7H14O2Si/c1-5-6-7-10(4,8-2)9-3/h5-7H,1H2,2-4H3. The fourth-order valence-corrected chi connectivity index (χ4v) is 1.39. The minimum absolute atomic E-state index is 1.66. The second-order valence-electron chi connectivity index (χ2n) is 2.02. The number of hydrogen-bond donors (Lipinski definition) is 0. The maximum Gasteiger partial charge on any atom is 0.361 e. The van der Waals surface area contributed by atoms with Crippen LogP contribution < -0.4 is 0 Å². The van der Waals surface area contributed by atoms with Gasteiger partial charge in [-0.05, 0) is 12.2 Å². The van der Waals surface area contributed by atoms with E-state index < -0.39 is 8.56 Å². The molecule has 0 aliphatic rings. The van der Waals surface area contributed by atoms with E-state index in [4.69, 9.17) is 8.85 Å². The normalized spacial score (nSPS) is 12.3. The van der Waals surface area contributed by atoms with E-state index in [2.05, 4.69) is 6.58 Å². The Labute approximate surface area is 63.4 Å². The highest BCUT2D eigenvalue weighted by atomic mass is 28.4. The largest absolute Gasteiger partial charge is 0.395 e. The van der Waals surface area contributed by atoms with Crippen molar-refractivity contribution in [3.63, 3.8) is 0 Å². The van der Waals surface area contributed by atoms with Crippen molar-refractivity contribution in [3.8, 4) is 0 Å². The summed E-state index contributed by atoms with van der Waals surface area (Å²) in [6, 6.07) is 0. The van der Waals surface area contributed by atoms with Crippen molar-refractivity contribution in [2.24, 2.45) is 0 Å². The maximum atomic E-state index is 5.17. The van der Waals surface area contributed by atoms with Crippen LogP contribution in [0, 0.1) is 0 Å². The molecule has 58 valence electrons. The molecule has 0 aliphatic heterocycles. The maximum absolute atomic E-state index is 5.17. The van der Waals surface area contributed by atoms with Gasteiger partial charge in [0.1, 0.15) is 0 Å². The molecule has 0 radical (unpaired) electrons. The lowest BCUT2D eigenvalue weighted by Gasteiger charge is -2.17. The molecule has 0 aromatic rings. The third-order valence-corrected chi connectivity index (χ3v) is 3.76. The summed E-state index contributed by atoms with van der Waals surface area (Å²) in [6.45, 7) is 5.52. The summed E-state index contributed by atoms with van der Waals surface area (Å²) in [5.74, 6) is 0. The van der Waals surface area contributed by atoms with Crippen LogP contribution in [0.3, 0.4) is 0 Å². The average Bonchev–Trinajstić information content (AvgIpc) is 2.00. The van der Waals surface area contributed by atoms with E-state index in [-0.39, 0.29) is 0 Å². The molecule has 0 heterocycles. The highest BCUT2D eigenvalue weighted by Gasteiger charge is 2.23. The van der Waals surface area contributed by atoms with Crippen molar-refractivity contribution in [1.29, 1.82) is 0 Å². The Balaban J connectivity index is 4.04. The number of allylic oxidation sites excluding steroid dienone is 2. The first-order chi connectivity index (χ1) is 4.68. The van der Waals surface area contributed by atoms with Gasteiger partial charge < -0.3 is 8.85 Å². The SMILES string of the molecule is C=CC=C[Si](C)(OC)OC. The number of rotatable bonds is 4. The molecule has 2 nitrogen and oxygen atoms in total. The molecule has 0 fully saturated rings. The zero-order valence-electron chi connectivity index (χ0n) is 6.76. The number of hydrogen-bond acceptors (Lipinski definition) is 2. The first-order valence-corrected chi connectivity index (χ1v) is 5.48. The fraction of sp³-hybridized carbons (Fsp3) is 0.429. The Morgan fingerprint density at radius 1 is 1.30 bits per heavy atom. The summed E-state index contributed by atoms with van der Waals surface area (Å²) in [7, 11) is 1.34. The van der Waals surface area contributed by atoms with Crippen LogP contribution in [0.5, 0.6) is 0 Å². The zero-order chi connectivity index (χ0) is 8.04. The lowest BCUT2D eigenvalue weighted by atomic mass is 10.6. The van der Waals surface area contributed by atoms with Gasteiger partial charge in [0.2, 0.25) is 0 Å². The van der Waals surface area contributed by atoms with Crippen LogP contribution in [0.4, 0.5) is 0 Å². The van der Waals surface area contributed by atoms with E-state index >= 15 is 0 Å². The summed E-state index contributed by atoms with van der Waals surface area (Å²) < 4.78 is 10.3. The Bertz CT molecular complexity index is 128. The Morgan fingerprint density at radius 3 is 2.10 bits per heavy atom. The van der Waals surface area contributed by atoms with Crippen LogP contribution in [-0.4, -0.2) is 22.8 Å². The lowest BCUT2D eigenvalue weighted by molar-refractivity contribution is 0.264. The molecule has 0 aromatic carbocycles. The third-order valence-electron chi connectivity index (χ3n) is 1.35. The molecular formula is C7H14O2Si. The summed E-state index contributed by atoms with van der Waals surface area (Å²) >= 11 is 0. The van der Waals surface area contributed by atoms with Gasteiger partial charge in [-0.25, -0.2) is 0 Å². The van der Waals surface area contributed by atoms with Gasteiger partial charge in [0, 0.05) is 14.2 Å². The molecule has 3 heteroatoms. The molecule has 0 aliphatic carbocycles. The van der Waals surface area contributed by atoms with Gasteiger partial charge in [0.25, 0.3) is 0 Å². The van der Waals surface area contributed by atoms with Crippen LogP contribution in [0.15, 0.2) is 24.4 Å².